The van der Waals surface area contributed by atoms with Crippen molar-refractivity contribution in [2.45, 2.75) is 12.5 Å². The zero-order valence-electron chi connectivity index (χ0n) is 12.7. The van der Waals surface area contributed by atoms with Gasteiger partial charge in [0.1, 0.15) is 0 Å². The minimum absolute atomic E-state index is 0.0383. The van der Waals surface area contributed by atoms with Gasteiger partial charge in [0.05, 0.1) is 19.3 Å². The van der Waals surface area contributed by atoms with Gasteiger partial charge in [-0.15, -0.1) is 0 Å². The van der Waals surface area contributed by atoms with Crippen molar-refractivity contribution in [2.24, 2.45) is 0 Å². The van der Waals surface area contributed by atoms with Gasteiger partial charge in [0.2, 0.25) is 11.7 Å². The first kappa shape index (κ1) is 16.3. The third kappa shape index (κ3) is 3.85. The smallest absolute Gasteiger partial charge is 0.229 e. The molecule has 23 heavy (non-hydrogen) atoms. The van der Waals surface area contributed by atoms with Gasteiger partial charge in [-0.25, -0.2) is 0 Å². The van der Waals surface area contributed by atoms with Crippen LogP contribution in [-0.4, -0.2) is 52.3 Å². The molecule has 0 amide bonds. The molecule has 1 aliphatic heterocycles. The second-order valence-electron chi connectivity index (χ2n) is 5.16. The molecular weight excluding hydrogens is 336 g/mol. The molecule has 0 saturated carbocycles. The highest BCUT2D eigenvalue weighted by Gasteiger charge is 2.27. The third-order valence-corrected chi connectivity index (χ3v) is 4.50. The minimum atomic E-state index is 0.0383. The highest BCUT2D eigenvalue weighted by atomic mass is 35.5. The summed E-state index contributed by atoms with van der Waals surface area (Å²) in [4.78, 5) is 6.46. The van der Waals surface area contributed by atoms with Crippen LogP contribution in [0.25, 0.3) is 11.4 Å². The number of nitrogens with zero attached hydrogens (tertiary/aromatic N) is 3. The zero-order valence-corrected chi connectivity index (χ0v) is 14.2. The maximum absolute atomic E-state index is 8.04. The summed E-state index contributed by atoms with van der Waals surface area (Å²) in [6.45, 7) is 1.90. The van der Waals surface area contributed by atoms with E-state index in [1.807, 2.05) is 23.3 Å². The van der Waals surface area contributed by atoms with E-state index in [-0.39, 0.29) is 6.04 Å². The van der Waals surface area contributed by atoms with Crippen LogP contribution in [0.5, 0.6) is 0 Å². The van der Waals surface area contributed by atoms with E-state index in [1.54, 1.807) is 12.1 Å². The van der Waals surface area contributed by atoms with Crippen LogP contribution in [0.4, 0.5) is 0 Å². The molecule has 1 atom stereocenters. The molecule has 2 aromatic rings. The fraction of sp³-hybridized carbons (Fsp3) is 0.400. The Labute approximate surface area is 143 Å². The van der Waals surface area contributed by atoms with Crippen LogP contribution in [0.2, 0.25) is 5.02 Å². The van der Waals surface area contributed by atoms with E-state index in [1.165, 1.54) is 11.8 Å². The summed E-state index contributed by atoms with van der Waals surface area (Å²) >= 11 is 7.41. The Bertz CT molecular complexity index is 694. The molecule has 0 radical (unpaired) electrons. The Kier molecular flexibility index (Phi) is 5.20. The van der Waals surface area contributed by atoms with Gasteiger partial charge in [-0.1, -0.05) is 40.7 Å². The summed E-state index contributed by atoms with van der Waals surface area (Å²) in [7, 11) is 0. The highest BCUT2D eigenvalue weighted by molar-refractivity contribution is 8.13. The second kappa shape index (κ2) is 7.33. The summed E-state index contributed by atoms with van der Waals surface area (Å²) in [5, 5.41) is 13.2. The average molecular weight is 353 g/mol. The Balaban J connectivity index is 1.74. The zero-order chi connectivity index (χ0) is 16.2. The van der Waals surface area contributed by atoms with Crippen LogP contribution in [0.3, 0.4) is 0 Å². The third-order valence-electron chi connectivity index (χ3n) is 3.64. The standard InChI is InChI=1S/C15H17ClN4O2S/c1-23-15(17)20-5-6-21-9-12(20)8-13-18-14(19-22-13)10-3-2-4-11(16)7-10/h2-4,7,12,17H,5-6,8-9H2,1H3. The monoisotopic (exact) mass is 352 g/mol. The molecular formula is C15H17ClN4O2S. The van der Waals surface area contributed by atoms with Crippen molar-refractivity contribution in [1.29, 1.82) is 5.41 Å². The average Bonchev–Trinajstić information content (AvgIpc) is 3.03. The van der Waals surface area contributed by atoms with Crippen molar-refractivity contribution in [3.05, 3.63) is 35.2 Å². The molecule has 1 fully saturated rings. The lowest BCUT2D eigenvalue weighted by atomic mass is 10.1. The lowest BCUT2D eigenvalue weighted by Crippen LogP contribution is -2.48. The molecule has 6 nitrogen and oxygen atoms in total. The maximum Gasteiger partial charge on any atom is 0.229 e. The normalized spacial score (nSPS) is 18.2. The molecule has 0 bridgehead atoms. The topological polar surface area (TPSA) is 75.2 Å². The van der Waals surface area contributed by atoms with Crippen LogP contribution < -0.4 is 0 Å². The van der Waals surface area contributed by atoms with Crippen LogP contribution in [0.1, 0.15) is 5.89 Å². The number of thioether (sulfide) groups is 1. The van der Waals surface area contributed by atoms with Crippen molar-refractivity contribution >= 4 is 28.5 Å². The summed E-state index contributed by atoms with van der Waals surface area (Å²) in [6, 6.07) is 7.38. The van der Waals surface area contributed by atoms with E-state index in [0.717, 1.165) is 5.56 Å². The van der Waals surface area contributed by atoms with Gasteiger partial charge in [-0.2, -0.15) is 4.98 Å². The van der Waals surface area contributed by atoms with Gasteiger partial charge in [0, 0.05) is 23.6 Å². The number of morpholine rings is 1. The maximum atomic E-state index is 8.04. The van der Waals surface area contributed by atoms with E-state index in [2.05, 4.69) is 10.1 Å². The Morgan fingerprint density at radius 3 is 3.17 bits per heavy atom. The molecule has 0 spiro atoms. The first-order valence-electron chi connectivity index (χ1n) is 7.23. The molecule has 0 aliphatic carbocycles. The fourth-order valence-corrected chi connectivity index (χ4v) is 3.16. The van der Waals surface area contributed by atoms with E-state index < -0.39 is 0 Å². The number of ether oxygens (including phenoxy) is 1. The van der Waals surface area contributed by atoms with Gasteiger partial charge < -0.3 is 14.2 Å². The molecule has 1 aromatic heterocycles. The number of hydrogen-bond acceptors (Lipinski definition) is 6. The van der Waals surface area contributed by atoms with Gasteiger partial charge in [0.15, 0.2) is 5.17 Å². The molecule has 1 saturated heterocycles. The number of rotatable bonds is 3. The van der Waals surface area contributed by atoms with Gasteiger partial charge >= 0.3 is 0 Å². The number of halogens is 1. The number of benzene rings is 1. The van der Waals surface area contributed by atoms with E-state index in [0.29, 0.717) is 48.1 Å². The van der Waals surface area contributed by atoms with Crippen LogP contribution in [0.15, 0.2) is 28.8 Å². The number of nitrogens with one attached hydrogen (secondary N) is 1. The number of amidine groups is 1. The molecule has 1 N–H and O–H groups in total. The molecule has 1 aromatic carbocycles. The summed E-state index contributed by atoms with van der Waals surface area (Å²) < 4.78 is 10.9. The van der Waals surface area contributed by atoms with E-state index in [9.17, 15) is 0 Å². The molecule has 2 heterocycles. The summed E-state index contributed by atoms with van der Waals surface area (Å²) in [5.41, 5.74) is 0.820. The summed E-state index contributed by atoms with van der Waals surface area (Å²) in [6.07, 6.45) is 2.45. The first-order valence-corrected chi connectivity index (χ1v) is 8.83. The van der Waals surface area contributed by atoms with Crippen LogP contribution >= 0.6 is 23.4 Å². The molecule has 122 valence electrons. The lowest BCUT2D eigenvalue weighted by molar-refractivity contribution is 0.0252. The van der Waals surface area contributed by atoms with Crippen molar-refractivity contribution in [3.8, 4) is 11.4 Å². The van der Waals surface area contributed by atoms with E-state index in [4.69, 9.17) is 26.3 Å². The SMILES string of the molecule is CSC(=N)N1CCOCC1Cc1nc(-c2cccc(Cl)c2)no1. The van der Waals surface area contributed by atoms with Crippen molar-refractivity contribution in [1.82, 2.24) is 15.0 Å². The molecule has 1 unspecified atom stereocenters. The van der Waals surface area contributed by atoms with Crippen molar-refractivity contribution < 1.29 is 9.26 Å². The summed E-state index contributed by atoms with van der Waals surface area (Å²) in [5.74, 6) is 1.06. The predicted molar refractivity (Wildman–Crippen MR) is 91.0 cm³/mol. The highest BCUT2D eigenvalue weighted by Crippen LogP contribution is 2.21. The van der Waals surface area contributed by atoms with Gasteiger partial charge in [-0.05, 0) is 18.4 Å². The molecule has 8 heteroatoms. The largest absolute Gasteiger partial charge is 0.377 e. The Morgan fingerprint density at radius 2 is 2.39 bits per heavy atom. The Hall–Kier alpha value is -1.57. The fourth-order valence-electron chi connectivity index (χ4n) is 2.49. The quantitative estimate of drug-likeness (QED) is 0.676. The second-order valence-corrected chi connectivity index (χ2v) is 6.39. The van der Waals surface area contributed by atoms with Crippen molar-refractivity contribution in [3.63, 3.8) is 0 Å². The number of hydrogen-bond donors (Lipinski definition) is 1. The molecule has 3 rings (SSSR count). The lowest BCUT2D eigenvalue weighted by Gasteiger charge is -2.35. The predicted octanol–water partition coefficient (Wildman–Crippen LogP) is 2.93. The van der Waals surface area contributed by atoms with E-state index >= 15 is 0 Å². The van der Waals surface area contributed by atoms with Crippen LogP contribution in [-0.2, 0) is 11.2 Å². The van der Waals surface area contributed by atoms with Gasteiger partial charge in [-0.3, -0.25) is 5.41 Å². The minimum Gasteiger partial charge on any atom is -0.377 e. The molecule has 1 aliphatic rings. The first-order chi connectivity index (χ1) is 11.2. The van der Waals surface area contributed by atoms with Crippen molar-refractivity contribution in [2.75, 3.05) is 26.0 Å². The number of aromatic nitrogens is 2. The van der Waals surface area contributed by atoms with Gasteiger partial charge in [0.25, 0.3) is 0 Å². The Morgan fingerprint density at radius 1 is 1.52 bits per heavy atom. The van der Waals surface area contributed by atoms with Crippen LogP contribution in [0, 0.1) is 5.41 Å².